The first-order valence-corrected chi connectivity index (χ1v) is 16.7. The Hall–Kier alpha value is -1.24. The molecule has 6 nitrogen and oxygen atoms in total. The standard InChI is InChI=1S/C31H58O6S/c1-4-6-8-10-12-14-16-18-20-22-29(32)36-24-28(26-38-25-27(3)31(34)35)37-30(33)23-21-19-17-15-13-11-9-7-5-2/h27-28H,4-26H2,1-3H3,(H,34,35)/t27-,28+/m0/s1. The molecule has 0 rings (SSSR count). The average molecular weight is 559 g/mol. The van der Waals surface area contributed by atoms with Gasteiger partial charge in [0.05, 0.1) is 5.92 Å². The summed E-state index contributed by atoms with van der Waals surface area (Å²) in [6.07, 6.45) is 21.6. The molecule has 38 heavy (non-hydrogen) atoms. The smallest absolute Gasteiger partial charge is 0.307 e. The molecule has 0 heterocycles. The number of thioether (sulfide) groups is 1. The Morgan fingerprint density at radius 2 is 1.05 bits per heavy atom. The molecule has 224 valence electrons. The first-order valence-electron chi connectivity index (χ1n) is 15.6. The number of aliphatic carboxylic acids is 1. The number of carbonyl (C=O) groups is 3. The summed E-state index contributed by atoms with van der Waals surface area (Å²) in [4.78, 5) is 35.7. The van der Waals surface area contributed by atoms with Gasteiger partial charge < -0.3 is 14.6 Å². The molecule has 0 aliphatic heterocycles. The summed E-state index contributed by atoms with van der Waals surface area (Å²) in [6, 6.07) is 0. The quantitative estimate of drug-likeness (QED) is 0.0758. The monoisotopic (exact) mass is 558 g/mol. The van der Waals surface area contributed by atoms with Crippen molar-refractivity contribution in [2.45, 2.75) is 155 Å². The summed E-state index contributed by atoms with van der Waals surface area (Å²) in [5, 5.41) is 9.10. The summed E-state index contributed by atoms with van der Waals surface area (Å²) in [7, 11) is 0. The van der Waals surface area contributed by atoms with Crippen LogP contribution in [0.5, 0.6) is 0 Å². The Morgan fingerprint density at radius 3 is 1.50 bits per heavy atom. The number of esters is 2. The topological polar surface area (TPSA) is 89.9 Å². The van der Waals surface area contributed by atoms with Crippen LogP contribution in [0.2, 0.25) is 0 Å². The van der Waals surface area contributed by atoms with E-state index in [-0.39, 0.29) is 18.5 Å². The van der Waals surface area contributed by atoms with Gasteiger partial charge in [-0.05, 0) is 12.8 Å². The number of unbranched alkanes of at least 4 members (excludes halogenated alkanes) is 16. The molecule has 0 aliphatic carbocycles. The van der Waals surface area contributed by atoms with E-state index in [4.69, 9.17) is 14.6 Å². The summed E-state index contributed by atoms with van der Waals surface area (Å²) < 4.78 is 11.1. The largest absolute Gasteiger partial charge is 0.481 e. The molecule has 0 radical (unpaired) electrons. The summed E-state index contributed by atoms with van der Waals surface area (Å²) in [5.74, 6) is -0.992. The molecule has 0 saturated carbocycles. The zero-order chi connectivity index (χ0) is 28.3. The second kappa shape index (κ2) is 27.3. The number of carbonyl (C=O) groups excluding carboxylic acids is 2. The minimum atomic E-state index is -0.844. The van der Waals surface area contributed by atoms with Crippen molar-refractivity contribution in [1.82, 2.24) is 0 Å². The molecule has 0 fully saturated rings. The van der Waals surface area contributed by atoms with Gasteiger partial charge in [0.25, 0.3) is 0 Å². The fourth-order valence-electron chi connectivity index (χ4n) is 4.23. The number of hydrogen-bond donors (Lipinski definition) is 1. The van der Waals surface area contributed by atoms with E-state index in [0.717, 1.165) is 38.5 Å². The van der Waals surface area contributed by atoms with Crippen LogP contribution in [0.4, 0.5) is 0 Å². The Kier molecular flexibility index (Phi) is 26.4. The van der Waals surface area contributed by atoms with Gasteiger partial charge >= 0.3 is 17.9 Å². The van der Waals surface area contributed by atoms with Crippen molar-refractivity contribution in [3.05, 3.63) is 0 Å². The van der Waals surface area contributed by atoms with Crippen LogP contribution in [0.1, 0.15) is 149 Å². The third-order valence-electron chi connectivity index (χ3n) is 6.79. The van der Waals surface area contributed by atoms with Crippen molar-refractivity contribution in [2.24, 2.45) is 5.92 Å². The van der Waals surface area contributed by atoms with Crippen molar-refractivity contribution in [1.29, 1.82) is 0 Å². The normalized spacial score (nSPS) is 12.7. The maximum absolute atomic E-state index is 12.4. The summed E-state index contributed by atoms with van der Waals surface area (Å²) >= 11 is 1.42. The number of carboxylic acid groups (broad SMARTS) is 1. The highest BCUT2D eigenvalue weighted by molar-refractivity contribution is 7.99. The minimum absolute atomic E-state index is 0.0359. The molecule has 0 aromatic heterocycles. The highest BCUT2D eigenvalue weighted by Gasteiger charge is 2.19. The average Bonchev–Trinajstić information content (AvgIpc) is 2.89. The van der Waals surface area contributed by atoms with Crippen LogP contribution < -0.4 is 0 Å². The lowest BCUT2D eigenvalue weighted by Crippen LogP contribution is -2.28. The van der Waals surface area contributed by atoms with Crippen molar-refractivity contribution in [3.8, 4) is 0 Å². The second-order valence-corrected chi connectivity index (χ2v) is 11.8. The summed E-state index contributed by atoms with van der Waals surface area (Å²) in [5.41, 5.74) is 0. The second-order valence-electron chi connectivity index (χ2n) is 10.7. The Balaban J connectivity index is 4.20. The minimum Gasteiger partial charge on any atom is -0.481 e. The molecule has 0 saturated heterocycles. The molecule has 0 aliphatic rings. The molecule has 0 bridgehead atoms. The van der Waals surface area contributed by atoms with Gasteiger partial charge in [0.2, 0.25) is 0 Å². The van der Waals surface area contributed by atoms with Gasteiger partial charge in [-0.25, -0.2) is 0 Å². The Bertz CT molecular complexity index is 583. The molecule has 1 N–H and O–H groups in total. The van der Waals surface area contributed by atoms with Crippen LogP contribution >= 0.6 is 11.8 Å². The maximum Gasteiger partial charge on any atom is 0.307 e. The van der Waals surface area contributed by atoms with Gasteiger partial charge in [-0.15, -0.1) is 0 Å². The predicted molar refractivity (Wildman–Crippen MR) is 159 cm³/mol. The number of hydrogen-bond acceptors (Lipinski definition) is 6. The van der Waals surface area contributed by atoms with Crippen molar-refractivity contribution in [2.75, 3.05) is 18.1 Å². The van der Waals surface area contributed by atoms with Crippen LogP contribution in [0.3, 0.4) is 0 Å². The van der Waals surface area contributed by atoms with E-state index in [2.05, 4.69) is 13.8 Å². The first-order chi connectivity index (χ1) is 18.4. The number of ether oxygens (including phenoxy) is 2. The van der Waals surface area contributed by atoms with E-state index in [0.29, 0.717) is 24.3 Å². The van der Waals surface area contributed by atoms with Gasteiger partial charge in [-0.2, -0.15) is 11.8 Å². The fraction of sp³-hybridized carbons (Fsp3) is 0.903. The highest BCUT2D eigenvalue weighted by Crippen LogP contribution is 2.15. The van der Waals surface area contributed by atoms with Crippen LogP contribution in [0, 0.1) is 5.92 Å². The van der Waals surface area contributed by atoms with E-state index < -0.39 is 18.0 Å². The number of rotatable bonds is 28. The highest BCUT2D eigenvalue weighted by atomic mass is 32.2. The fourth-order valence-corrected chi connectivity index (χ4v) is 5.29. The Morgan fingerprint density at radius 1 is 0.632 bits per heavy atom. The van der Waals surface area contributed by atoms with Crippen molar-refractivity contribution in [3.63, 3.8) is 0 Å². The third kappa shape index (κ3) is 25.1. The molecule has 7 heteroatoms. The Labute approximate surface area is 237 Å². The molecule has 0 aromatic rings. The van der Waals surface area contributed by atoms with Crippen LogP contribution in [-0.2, 0) is 23.9 Å². The molecule has 0 unspecified atom stereocenters. The van der Waals surface area contributed by atoms with Gasteiger partial charge in [0.1, 0.15) is 12.7 Å². The number of carboxylic acids is 1. The SMILES string of the molecule is CCCCCCCCCCCC(=O)OC[C@H](CSC[C@H](C)C(=O)O)OC(=O)CCCCCCCCCCC. The van der Waals surface area contributed by atoms with Crippen molar-refractivity contribution < 1.29 is 29.0 Å². The van der Waals surface area contributed by atoms with Crippen LogP contribution in [0.25, 0.3) is 0 Å². The molecule has 2 atom stereocenters. The molecular weight excluding hydrogens is 500 g/mol. The van der Waals surface area contributed by atoms with Gasteiger partial charge in [0, 0.05) is 24.3 Å². The van der Waals surface area contributed by atoms with E-state index in [1.807, 2.05) is 0 Å². The van der Waals surface area contributed by atoms with Crippen molar-refractivity contribution >= 4 is 29.7 Å². The van der Waals surface area contributed by atoms with E-state index in [1.54, 1.807) is 6.92 Å². The van der Waals surface area contributed by atoms with Gasteiger partial charge in [-0.1, -0.05) is 124 Å². The van der Waals surface area contributed by atoms with Crippen LogP contribution in [-0.4, -0.2) is 47.2 Å². The lowest BCUT2D eigenvalue weighted by molar-refractivity contribution is -0.157. The summed E-state index contributed by atoms with van der Waals surface area (Å²) in [6.45, 7) is 6.14. The zero-order valence-electron chi connectivity index (χ0n) is 24.8. The van der Waals surface area contributed by atoms with Crippen LogP contribution in [0.15, 0.2) is 0 Å². The first kappa shape index (κ1) is 36.8. The van der Waals surface area contributed by atoms with E-state index >= 15 is 0 Å². The third-order valence-corrected chi connectivity index (χ3v) is 8.13. The lowest BCUT2D eigenvalue weighted by atomic mass is 10.1. The van der Waals surface area contributed by atoms with E-state index in [1.165, 1.54) is 88.8 Å². The maximum atomic E-state index is 12.4. The molecule has 0 amide bonds. The van der Waals surface area contributed by atoms with Gasteiger partial charge in [-0.3, -0.25) is 14.4 Å². The lowest BCUT2D eigenvalue weighted by Gasteiger charge is -2.18. The predicted octanol–water partition coefficient (Wildman–Crippen LogP) is 8.74. The zero-order valence-corrected chi connectivity index (χ0v) is 25.6. The van der Waals surface area contributed by atoms with E-state index in [9.17, 15) is 14.4 Å². The molecule has 0 spiro atoms. The molecular formula is C31H58O6S. The molecule has 0 aromatic carbocycles. The van der Waals surface area contributed by atoms with Gasteiger partial charge in [0.15, 0.2) is 0 Å².